The highest BCUT2D eigenvalue weighted by Gasteiger charge is 2.33. The maximum Gasteiger partial charge on any atom is 0.416 e. The van der Waals surface area contributed by atoms with Crippen LogP contribution in [0.2, 0.25) is 0 Å². The molecule has 118 valence electrons. The second-order valence-electron chi connectivity index (χ2n) is 4.47. The molecule has 0 aliphatic rings. The van der Waals surface area contributed by atoms with Crippen LogP contribution >= 0.6 is 0 Å². The van der Waals surface area contributed by atoms with Crippen molar-refractivity contribution in [1.29, 1.82) is 0 Å². The van der Waals surface area contributed by atoms with Crippen LogP contribution in [0.4, 0.5) is 17.6 Å². The van der Waals surface area contributed by atoms with Crippen molar-refractivity contribution in [2.24, 2.45) is 0 Å². The summed E-state index contributed by atoms with van der Waals surface area (Å²) < 4.78 is 51.3. The molecule has 1 N–H and O–H groups in total. The molecular formula is C14H18F4N2O. The van der Waals surface area contributed by atoms with Crippen LogP contribution in [0, 0.1) is 5.82 Å². The summed E-state index contributed by atoms with van der Waals surface area (Å²) in [7, 11) is 0. The van der Waals surface area contributed by atoms with E-state index in [0.29, 0.717) is 19.2 Å². The average Bonchev–Trinajstić information content (AvgIpc) is 2.40. The minimum absolute atomic E-state index is 0.0592. The van der Waals surface area contributed by atoms with Crippen molar-refractivity contribution in [1.82, 2.24) is 10.2 Å². The fourth-order valence-corrected chi connectivity index (χ4v) is 1.96. The number of nitrogens with zero attached hydrogens (tertiary/aromatic N) is 1. The van der Waals surface area contributed by atoms with Crippen LogP contribution in [0.25, 0.3) is 0 Å². The van der Waals surface area contributed by atoms with Gasteiger partial charge >= 0.3 is 6.18 Å². The first-order valence-corrected chi connectivity index (χ1v) is 6.63. The molecule has 0 unspecified atom stereocenters. The van der Waals surface area contributed by atoms with Crippen LogP contribution in [0.1, 0.15) is 25.0 Å². The van der Waals surface area contributed by atoms with Gasteiger partial charge in [0.1, 0.15) is 5.82 Å². The molecule has 0 radical (unpaired) electrons. The number of alkyl halides is 3. The number of amides is 1. The number of carbonyl (C=O) groups excluding carboxylic acids is 1. The van der Waals surface area contributed by atoms with Gasteiger partial charge in [-0.3, -0.25) is 4.79 Å². The Morgan fingerprint density at radius 2 is 1.86 bits per heavy atom. The molecule has 1 aromatic rings. The fourth-order valence-electron chi connectivity index (χ4n) is 1.96. The molecule has 0 saturated heterocycles. The molecule has 1 aromatic carbocycles. The smallest absolute Gasteiger partial charge is 0.342 e. The van der Waals surface area contributed by atoms with Crippen molar-refractivity contribution in [2.45, 2.75) is 26.6 Å². The molecule has 3 nitrogen and oxygen atoms in total. The Morgan fingerprint density at radius 3 is 2.38 bits per heavy atom. The van der Waals surface area contributed by atoms with E-state index in [1.165, 1.54) is 0 Å². The zero-order chi connectivity index (χ0) is 16.0. The van der Waals surface area contributed by atoms with Gasteiger partial charge in [-0.1, -0.05) is 6.07 Å². The highest BCUT2D eigenvalue weighted by atomic mass is 19.4. The molecule has 0 spiro atoms. The van der Waals surface area contributed by atoms with E-state index in [4.69, 9.17) is 0 Å². The lowest BCUT2D eigenvalue weighted by Gasteiger charge is -2.19. The Kier molecular flexibility index (Phi) is 6.14. The highest BCUT2D eigenvalue weighted by Crippen LogP contribution is 2.32. The van der Waals surface area contributed by atoms with Gasteiger partial charge in [-0.15, -0.1) is 0 Å². The Labute approximate surface area is 120 Å². The van der Waals surface area contributed by atoms with E-state index in [9.17, 15) is 22.4 Å². The number of carbonyl (C=O) groups is 1. The molecule has 1 amide bonds. The lowest BCUT2D eigenvalue weighted by atomic mass is 10.1. The first-order chi connectivity index (χ1) is 9.79. The van der Waals surface area contributed by atoms with Crippen molar-refractivity contribution in [3.8, 4) is 0 Å². The van der Waals surface area contributed by atoms with Gasteiger partial charge in [0.15, 0.2) is 0 Å². The third-order valence-electron chi connectivity index (χ3n) is 3.09. The zero-order valence-corrected chi connectivity index (χ0v) is 11.9. The number of hydrogen-bond acceptors (Lipinski definition) is 2. The largest absolute Gasteiger partial charge is 0.416 e. The Balaban J connectivity index is 2.70. The first-order valence-electron chi connectivity index (χ1n) is 6.63. The molecule has 0 heterocycles. The van der Waals surface area contributed by atoms with Crippen LogP contribution in [0.5, 0.6) is 0 Å². The molecular weight excluding hydrogens is 288 g/mol. The maximum absolute atomic E-state index is 12.9. The van der Waals surface area contributed by atoms with Crippen LogP contribution in [-0.2, 0) is 17.5 Å². The van der Waals surface area contributed by atoms with Crippen LogP contribution < -0.4 is 5.32 Å². The van der Waals surface area contributed by atoms with Gasteiger partial charge in [-0.05, 0) is 31.5 Å². The molecule has 0 fully saturated rings. The average molecular weight is 306 g/mol. The van der Waals surface area contributed by atoms with E-state index in [1.807, 2.05) is 13.8 Å². The Hall–Kier alpha value is -1.63. The van der Waals surface area contributed by atoms with Gasteiger partial charge in [0.2, 0.25) is 5.91 Å². The molecule has 0 aliphatic heterocycles. The van der Waals surface area contributed by atoms with E-state index in [-0.39, 0.29) is 24.6 Å². The van der Waals surface area contributed by atoms with Crippen molar-refractivity contribution >= 4 is 5.91 Å². The number of benzene rings is 1. The molecule has 21 heavy (non-hydrogen) atoms. The summed E-state index contributed by atoms with van der Waals surface area (Å²) in [6.45, 7) is 4.52. The second kappa shape index (κ2) is 7.40. The van der Waals surface area contributed by atoms with Crippen LogP contribution in [0.15, 0.2) is 18.2 Å². The number of likely N-dealkylation sites (N-methyl/N-ethyl adjacent to an activating group) is 1. The standard InChI is InChI=1S/C14H18F4N2O/c1-3-20(4-2)13(21)9-19-8-10-5-6-11(15)7-12(10)14(16,17)18/h5-7,19H,3-4,8-9H2,1-2H3. The highest BCUT2D eigenvalue weighted by molar-refractivity contribution is 5.78. The predicted molar refractivity (Wildman–Crippen MR) is 71.0 cm³/mol. The Bertz CT molecular complexity index is 484. The van der Waals surface area contributed by atoms with Crippen LogP contribution in [-0.4, -0.2) is 30.4 Å². The SMILES string of the molecule is CCN(CC)C(=O)CNCc1ccc(F)cc1C(F)(F)F. The van der Waals surface area contributed by atoms with Crippen molar-refractivity contribution < 1.29 is 22.4 Å². The van der Waals surface area contributed by atoms with Gasteiger partial charge in [-0.2, -0.15) is 13.2 Å². The summed E-state index contributed by atoms with van der Waals surface area (Å²) >= 11 is 0. The maximum atomic E-state index is 12.9. The summed E-state index contributed by atoms with van der Waals surface area (Å²) in [5.74, 6) is -1.12. The Morgan fingerprint density at radius 1 is 1.24 bits per heavy atom. The number of hydrogen-bond donors (Lipinski definition) is 1. The lowest BCUT2D eigenvalue weighted by molar-refractivity contribution is -0.138. The molecule has 0 saturated carbocycles. The van der Waals surface area contributed by atoms with Gasteiger partial charge in [0.25, 0.3) is 0 Å². The molecule has 0 aliphatic carbocycles. The quantitative estimate of drug-likeness (QED) is 0.820. The van der Waals surface area contributed by atoms with Crippen LogP contribution in [0.3, 0.4) is 0 Å². The van der Waals surface area contributed by atoms with Crippen molar-refractivity contribution in [3.05, 3.63) is 35.1 Å². The third-order valence-corrected chi connectivity index (χ3v) is 3.09. The van der Waals surface area contributed by atoms with Gasteiger partial charge < -0.3 is 10.2 Å². The summed E-state index contributed by atoms with van der Waals surface area (Å²) in [4.78, 5) is 13.3. The van der Waals surface area contributed by atoms with E-state index in [1.54, 1.807) is 4.90 Å². The summed E-state index contributed by atoms with van der Waals surface area (Å²) in [6.07, 6.45) is -4.62. The van der Waals surface area contributed by atoms with Crippen molar-refractivity contribution in [2.75, 3.05) is 19.6 Å². The monoisotopic (exact) mass is 306 g/mol. The van der Waals surface area contributed by atoms with Gasteiger partial charge in [-0.25, -0.2) is 4.39 Å². The van der Waals surface area contributed by atoms with E-state index in [0.717, 1.165) is 12.1 Å². The minimum Gasteiger partial charge on any atom is -0.342 e. The molecule has 0 atom stereocenters. The van der Waals surface area contributed by atoms with Gasteiger partial charge in [0, 0.05) is 19.6 Å². The van der Waals surface area contributed by atoms with Gasteiger partial charge in [0.05, 0.1) is 12.1 Å². The number of halogens is 4. The lowest BCUT2D eigenvalue weighted by Crippen LogP contribution is -2.37. The minimum atomic E-state index is -4.62. The molecule has 7 heteroatoms. The first kappa shape index (κ1) is 17.4. The third kappa shape index (κ3) is 5.00. The summed E-state index contributed by atoms with van der Waals surface area (Å²) in [5.41, 5.74) is -1.11. The molecule has 0 bridgehead atoms. The zero-order valence-electron chi connectivity index (χ0n) is 11.9. The fraction of sp³-hybridized carbons (Fsp3) is 0.500. The van der Waals surface area contributed by atoms with Crippen molar-refractivity contribution in [3.63, 3.8) is 0 Å². The normalized spacial score (nSPS) is 11.5. The predicted octanol–water partition coefficient (Wildman–Crippen LogP) is 2.80. The number of rotatable bonds is 6. The summed E-state index contributed by atoms with van der Waals surface area (Å²) in [5, 5.41) is 2.67. The van der Waals surface area contributed by atoms with E-state index >= 15 is 0 Å². The van der Waals surface area contributed by atoms with E-state index in [2.05, 4.69) is 5.32 Å². The molecule has 1 rings (SSSR count). The second-order valence-corrected chi connectivity index (χ2v) is 4.47. The number of nitrogens with one attached hydrogen (secondary N) is 1. The summed E-state index contributed by atoms with van der Waals surface area (Å²) in [6, 6.07) is 2.51. The molecule has 0 aromatic heterocycles. The topological polar surface area (TPSA) is 32.3 Å². The van der Waals surface area contributed by atoms with E-state index < -0.39 is 17.6 Å².